The third-order valence-electron chi connectivity index (χ3n) is 19.3. The molecule has 16 rings (SSSR count). The van der Waals surface area contributed by atoms with E-state index in [1.807, 2.05) is 0 Å². The van der Waals surface area contributed by atoms with Crippen LogP contribution in [-0.4, -0.2) is 19.4 Å². The van der Waals surface area contributed by atoms with Crippen molar-refractivity contribution in [3.8, 4) is 5.69 Å². The van der Waals surface area contributed by atoms with E-state index >= 15 is 0 Å². The number of anilines is 6. The number of para-hydroxylation sites is 2. The SMILES string of the molecule is CC(C)(C)c1ccc(N(c2ccc(C(C)(C)C)cc2)c2cc3c4c(c2)-n2c5cc(C(C)(C)C)ccc5c5cc6c7ccccc7c7ccccc7c6c(c52)B4c2cccc4c2N3c2ccccc2[Si]4(C2=CC=CCC2)c2ccccc2)cc1. The number of nitrogens with zero attached hydrogens (tertiary/aromatic N) is 3. The van der Waals surface area contributed by atoms with E-state index in [1.165, 1.54) is 126 Å². The van der Waals surface area contributed by atoms with Crippen molar-refractivity contribution in [3.05, 3.63) is 246 Å². The van der Waals surface area contributed by atoms with Crippen molar-refractivity contribution in [2.24, 2.45) is 0 Å². The zero-order valence-electron chi connectivity index (χ0n) is 49.2. The molecule has 1 atom stereocenters. The first-order chi connectivity index (χ1) is 40.1. The molecule has 0 saturated heterocycles. The van der Waals surface area contributed by atoms with Crippen molar-refractivity contribution >= 4 is 135 Å². The van der Waals surface area contributed by atoms with Gasteiger partial charge in [0.1, 0.15) is 0 Å². The molecular formula is C78H68BN3Si. The van der Waals surface area contributed by atoms with Gasteiger partial charge in [-0.25, -0.2) is 0 Å². The largest absolute Gasteiger partial charge is 0.312 e. The summed E-state index contributed by atoms with van der Waals surface area (Å²) in [6, 6.07) is 81.1. The van der Waals surface area contributed by atoms with Crippen LogP contribution in [0.3, 0.4) is 0 Å². The number of hydrogen-bond acceptors (Lipinski definition) is 2. The molecule has 1 aliphatic carbocycles. The fourth-order valence-electron chi connectivity index (χ4n) is 15.4. The lowest BCUT2D eigenvalue weighted by molar-refractivity contribution is 0.590. The second-order valence-electron chi connectivity index (χ2n) is 27.1. The van der Waals surface area contributed by atoms with Crippen molar-refractivity contribution < 1.29 is 0 Å². The van der Waals surface area contributed by atoms with Gasteiger partial charge in [0.05, 0.1) is 16.7 Å². The van der Waals surface area contributed by atoms with Gasteiger partial charge in [-0.3, -0.25) is 0 Å². The normalized spacial score (nSPS) is 16.2. The highest BCUT2D eigenvalue weighted by Gasteiger charge is 2.54. The lowest BCUT2D eigenvalue weighted by atomic mass is 9.33. The molecule has 12 aromatic rings. The Balaban J connectivity index is 1.12. The summed E-state index contributed by atoms with van der Waals surface area (Å²) in [5.74, 6) is 0. The first kappa shape index (κ1) is 50.1. The molecule has 0 amide bonds. The molecule has 1 aromatic heterocycles. The standard InChI is InChI=1S/C78H68BN3Si/c1-76(2,3)49-35-40-52(41-36-49)80(53-42-37-50(38-43-53)77(4,5)6)54-46-67-72-68(47-54)82-66-45-51(78(7,8)9)39-44-60(66)63-48-62-59-29-17-16-27-57(59)58-28-18-19-30-61(58)71(62)73(74(63)82)79(72)64-31-22-34-70-75(64)81(67)65-32-20-21-33-69(65)83(70,55-23-12-10-13-24-55)56-25-14-11-15-26-56/h10-14,16-25,27-48H,15,26H2,1-9H3. The number of fused-ring (bicyclic) bond motifs is 16. The van der Waals surface area contributed by atoms with Crippen molar-refractivity contribution in [1.82, 2.24) is 4.57 Å². The van der Waals surface area contributed by atoms with Gasteiger partial charge in [-0.15, -0.1) is 0 Å². The Hall–Kier alpha value is -8.64. The Labute approximate surface area is 489 Å². The highest BCUT2D eigenvalue weighted by molar-refractivity contribution is 7.18. The Morgan fingerprint density at radius 3 is 1.67 bits per heavy atom. The van der Waals surface area contributed by atoms with Gasteiger partial charge in [-0.2, -0.15) is 0 Å². The second kappa shape index (κ2) is 17.7. The summed E-state index contributed by atoms with van der Waals surface area (Å²) in [6.07, 6.45) is 9.28. The van der Waals surface area contributed by atoms with Crippen LogP contribution in [0.25, 0.3) is 59.8 Å². The minimum Gasteiger partial charge on any atom is -0.312 e. The van der Waals surface area contributed by atoms with Crippen LogP contribution < -0.4 is 41.7 Å². The van der Waals surface area contributed by atoms with Crippen LogP contribution in [0.15, 0.2) is 230 Å². The van der Waals surface area contributed by atoms with Crippen LogP contribution in [0.4, 0.5) is 34.1 Å². The van der Waals surface area contributed by atoms with Crippen molar-refractivity contribution in [1.29, 1.82) is 0 Å². The molecule has 3 aliphatic heterocycles. The van der Waals surface area contributed by atoms with Gasteiger partial charge in [0.15, 0.2) is 8.07 Å². The van der Waals surface area contributed by atoms with E-state index < -0.39 is 8.07 Å². The van der Waals surface area contributed by atoms with E-state index in [-0.39, 0.29) is 23.0 Å². The summed E-state index contributed by atoms with van der Waals surface area (Å²) < 4.78 is 2.73. The molecule has 3 nitrogen and oxygen atoms in total. The lowest BCUT2D eigenvalue weighted by Crippen LogP contribution is -2.74. The molecule has 11 aromatic carbocycles. The molecule has 5 heteroatoms. The van der Waals surface area contributed by atoms with Crippen molar-refractivity contribution in [2.45, 2.75) is 91.4 Å². The second-order valence-corrected chi connectivity index (χ2v) is 30.9. The summed E-state index contributed by atoms with van der Waals surface area (Å²) >= 11 is 0. The number of hydrogen-bond donors (Lipinski definition) is 0. The van der Waals surface area contributed by atoms with E-state index in [4.69, 9.17) is 0 Å². The number of aromatic nitrogens is 1. The van der Waals surface area contributed by atoms with Crippen molar-refractivity contribution in [3.63, 3.8) is 0 Å². The van der Waals surface area contributed by atoms with Crippen LogP contribution in [0, 0.1) is 0 Å². The molecule has 4 heterocycles. The Morgan fingerprint density at radius 1 is 0.446 bits per heavy atom. The molecule has 402 valence electrons. The quantitative estimate of drug-likeness (QED) is 0.126. The van der Waals surface area contributed by atoms with Gasteiger partial charge in [0, 0.05) is 44.9 Å². The Morgan fingerprint density at radius 2 is 1.02 bits per heavy atom. The summed E-state index contributed by atoms with van der Waals surface area (Å²) in [5, 5.41) is 16.4. The molecule has 1 unspecified atom stereocenters. The average Bonchev–Trinajstić information content (AvgIpc) is 2.68. The monoisotopic (exact) mass is 1090 g/mol. The van der Waals surface area contributed by atoms with Crippen LogP contribution in [-0.2, 0) is 16.2 Å². The molecular weight excluding hydrogens is 1020 g/mol. The maximum absolute atomic E-state index is 2.96. The van der Waals surface area contributed by atoms with E-state index in [0.29, 0.717) is 0 Å². The average molecular weight is 1090 g/mol. The molecule has 0 fully saturated rings. The third-order valence-corrected chi connectivity index (χ3v) is 24.4. The van der Waals surface area contributed by atoms with Crippen LogP contribution in [0.1, 0.15) is 91.8 Å². The van der Waals surface area contributed by atoms with Crippen LogP contribution in [0.2, 0.25) is 0 Å². The fourth-order valence-corrected chi connectivity index (χ4v) is 20.8. The molecule has 0 radical (unpaired) electrons. The van der Waals surface area contributed by atoms with Gasteiger partial charge in [0.25, 0.3) is 6.71 Å². The fraction of sp³-hybridized carbons (Fsp3) is 0.179. The highest BCUT2D eigenvalue weighted by atomic mass is 28.3. The first-order valence-corrected chi connectivity index (χ1v) is 32.1. The Kier molecular flexibility index (Phi) is 10.7. The zero-order chi connectivity index (χ0) is 56.5. The number of rotatable bonds is 5. The molecule has 0 spiro atoms. The first-order valence-electron chi connectivity index (χ1n) is 30.1. The van der Waals surface area contributed by atoms with Crippen LogP contribution in [0.5, 0.6) is 0 Å². The van der Waals surface area contributed by atoms with Gasteiger partial charge >= 0.3 is 0 Å². The predicted molar refractivity (Wildman–Crippen MR) is 361 cm³/mol. The molecule has 4 aliphatic rings. The predicted octanol–water partition coefficient (Wildman–Crippen LogP) is 16.8. The molecule has 0 N–H and O–H groups in total. The molecule has 0 bridgehead atoms. The van der Waals surface area contributed by atoms with E-state index in [2.05, 4.69) is 301 Å². The smallest absolute Gasteiger partial charge is 0.253 e. The van der Waals surface area contributed by atoms with E-state index in [9.17, 15) is 0 Å². The summed E-state index contributed by atoms with van der Waals surface area (Å²) in [4.78, 5) is 5.30. The minimum atomic E-state index is -2.96. The zero-order valence-corrected chi connectivity index (χ0v) is 50.2. The maximum Gasteiger partial charge on any atom is 0.253 e. The maximum atomic E-state index is 2.75. The number of benzene rings is 11. The lowest BCUT2D eigenvalue weighted by Gasteiger charge is -2.50. The van der Waals surface area contributed by atoms with Gasteiger partial charge in [-0.1, -0.05) is 237 Å². The topological polar surface area (TPSA) is 11.4 Å². The molecule has 83 heavy (non-hydrogen) atoms. The molecule has 0 saturated carbocycles. The summed E-state index contributed by atoms with van der Waals surface area (Å²) in [5.41, 5.74) is 19.1. The van der Waals surface area contributed by atoms with Crippen molar-refractivity contribution in [2.75, 3.05) is 9.80 Å². The van der Waals surface area contributed by atoms with E-state index in [1.54, 1.807) is 5.20 Å². The van der Waals surface area contributed by atoms with Gasteiger partial charge in [-0.05, 0) is 165 Å². The highest BCUT2D eigenvalue weighted by Crippen LogP contribution is 2.50. The Bertz CT molecular complexity index is 4730. The summed E-state index contributed by atoms with van der Waals surface area (Å²) in [7, 11) is -2.96. The van der Waals surface area contributed by atoms with Gasteiger partial charge in [0.2, 0.25) is 0 Å². The minimum absolute atomic E-state index is 0.000346. The number of allylic oxidation sites excluding steroid dienone is 4. The third kappa shape index (κ3) is 7.10. The summed E-state index contributed by atoms with van der Waals surface area (Å²) in [6.45, 7) is 20.8. The van der Waals surface area contributed by atoms with E-state index in [0.717, 1.165) is 29.9 Å². The van der Waals surface area contributed by atoms with Crippen LogP contribution >= 0.6 is 0 Å². The van der Waals surface area contributed by atoms with Gasteiger partial charge < -0.3 is 14.4 Å².